The van der Waals surface area contributed by atoms with Crippen molar-refractivity contribution >= 4 is 0 Å². The molecular formula is C20H22N4O2. The van der Waals surface area contributed by atoms with Crippen LogP contribution in [0.2, 0.25) is 0 Å². The maximum absolute atomic E-state index is 5.25. The van der Waals surface area contributed by atoms with Gasteiger partial charge in [0.05, 0.1) is 20.8 Å². The number of nitrogens with zero attached hydrogens (tertiary/aromatic N) is 4. The van der Waals surface area contributed by atoms with Gasteiger partial charge in [0.2, 0.25) is 0 Å². The van der Waals surface area contributed by atoms with Gasteiger partial charge < -0.3 is 14.4 Å². The van der Waals surface area contributed by atoms with Crippen LogP contribution >= 0.6 is 0 Å². The summed E-state index contributed by atoms with van der Waals surface area (Å²) in [7, 11) is 7.26. The number of benzene rings is 2. The Hall–Kier alpha value is -2.99. The standard InChI is InChI=1S/C20H22N4O2/c1-24(2)13-18-21-19(14-5-9-16(25-3)10-6-14)20(23-22-18)15-7-11-17(26-4)12-8-15/h5-12H,13H2,1-4H3. The Bertz CT molecular complexity index is 862. The molecule has 0 saturated carbocycles. The number of rotatable bonds is 6. The monoisotopic (exact) mass is 350 g/mol. The van der Waals surface area contributed by atoms with Crippen molar-refractivity contribution < 1.29 is 9.47 Å². The van der Waals surface area contributed by atoms with Gasteiger partial charge in [0.15, 0.2) is 5.82 Å². The van der Waals surface area contributed by atoms with Crippen LogP contribution in [-0.4, -0.2) is 48.4 Å². The molecule has 2 aromatic carbocycles. The molecule has 6 heteroatoms. The Morgan fingerprint density at radius 1 is 0.731 bits per heavy atom. The van der Waals surface area contributed by atoms with E-state index >= 15 is 0 Å². The van der Waals surface area contributed by atoms with E-state index in [4.69, 9.17) is 14.5 Å². The van der Waals surface area contributed by atoms with Gasteiger partial charge in [-0.25, -0.2) is 4.98 Å². The maximum atomic E-state index is 5.25. The summed E-state index contributed by atoms with van der Waals surface area (Å²) in [6.45, 7) is 0.624. The van der Waals surface area contributed by atoms with E-state index in [0.29, 0.717) is 12.4 Å². The van der Waals surface area contributed by atoms with Crippen molar-refractivity contribution in [1.82, 2.24) is 20.1 Å². The molecule has 1 aromatic heterocycles. The second kappa shape index (κ2) is 7.93. The lowest BCUT2D eigenvalue weighted by atomic mass is 10.0. The number of ether oxygens (including phenoxy) is 2. The summed E-state index contributed by atoms with van der Waals surface area (Å²) in [6.07, 6.45) is 0. The maximum Gasteiger partial charge on any atom is 0.165 e. The summed E-state index contributed by atoms with van der Waals surface area (Å²) in [4.78, 5) is 6.79. The minimum Gasteiger partial charge on any atom is -0.497 e. The molecule has 0 radical (unpaired) electrons. The zero-order chi connectivity index (χ0) is 18.5. The van der Waals surface area contributed by atoms with Gasteiger partial charge in [-0.1, -0.05) is 0 Å². The van der Waals surface area contributed by atoms with Crippen molar-refractivity contribution in [3.63, 3.8) is 0 Å². The first-order chi connectivity index (χ1) is 12.6. The van der Waals surface area contributed by atoms with E-state index in [0.717, 1.165) is 34.0 Å². The van der Waals surface area contributed by atoms with Gasteiger partial charge in [-0.15, -0.1) is 10.2 Å². The van der Waals surface area contributed by atoms with Crippen LogP contribution in [-0.2, 0) is 6.54 Å². The van der Waals surface area contributed by atoms with Crippen LogP contribution in [0.15, 0.2) is 48.5 Å². The van der Waals surface area contributed by atoms with E-state index in [9.17, 15) is 0 Å². The first-order valence-corrected chi connectivity index (χ1v) is 8.28. The molecule has 3 rings (SSSR count). The molecule has 0 spiro atoms. The second-order valence-electron chi connectivity index (χ2n) is 6.12. The lowest BCUT2D eigenvalue weighted by molar-refractivity contribution is 0.388. The summed E-state index contributed by atoms with van der Waals surface area (Å²) in [5.74, 6) is 2.28. The van der Waals surface area contributed by atoms with Crippen LogP contribution in [0, 0.1) is 0 Å². The molecule has 3 aromatic rings. The normalized spacial score (nSPS) is 10.8. The lowest BCUT2D eigenvalue weighted by Crippen LogP contribution is -2.15. The summed E-state index contributed by atoms with van der Waals surface area (Å²) in [6, 6.07) is 15.5. The molecule has 134 valence electrons. The molecule has 0 fully saturated rings. The van der Waals surface area contributed by atoms with Gasteiger partial charge in [0.25, 0.3) is 0 Å². The predicted octanol–water partition coefficient (Wildman–Crippen LogP) is 3.28. The number of aromatic nitrogens is 3. The van der Waals surface area contributed by atoms with Gasteiger partial charge in [-0.05, 0) is 62.6 Å². The molecule has 1 heterocycles. The molecule has 0 amide bonds. The van der Waals surface area contributed by atoms with Crippen LogP contribution in [0.25, 0.3) is 22.5 Å². The van der Waals surface area contributed by atoms with Gasteiger partial charge in [0, 0.05) is 11.1 Å². The van der Waals surface area contributed by atoms with E-state index in [-0.39, 0.29) is 0 Å². The third kappa shape index (κ3) is 3.97. The molecule has 0 unspecified atom stereocenters. The lowest BCUT2D eigenvalue weighted by Gasteiger charge is -2.12. The Morgan fingerprint density at radius 3 is 1.69 bits per heavy atom. The third-order valence-corrected chi connectivity index (χ3v) is 3.92. The molecule has 0 saturated heterocycles. The van der Waals surface area contributed by atoms with Crippen LogP contribution in [0.4, 0.5) is 0 Å². The number of hydrogen-bond donors (Lipinski definition) is 0. The van der Waals surface area contributed by atoms with E-state index in [1.165, 1.54) is 0 Å². The molecule has 0 aliphatic rings. The minimum absolute atomic E-state index is 0.624. The van der Waals surface area contributed by atoms with Crippen molar-refractivity contribution in [2.75, 3.05) is 28.3 Å². The van der Waals surface area contributed by atoms with Crippen molar-refractivity contribution in [2.45, 2.75) is 6.54 Å². The number of methoxy groups -OCH3 is 2. The molecule has 0 N–H and O–H groups in total. The Labute approximate surface area is 153 Å². The SMILES string of the molecule is COc1ccc(-c2nnc(CN(C)C)nc2-c2ccc(OC)cc2)cc1. The molecule has 0 atom stereocenters. The van der Waals surface area contributed by atoms with Crippen LogP contribution in [0.5, 0.6) is 11.5 Å². The molecule has 0 aliphatic carbocycles. The summed E-state index contributed by atoms with van der Waals surface area (Å²) >= 11 is 0. The zero-order valence-corrected chi connectivity index (χ0v) is 15.4. The van der Waals surface area contributed by atoms with Crippen LogP contribution in [0.1, 0.15) is 5.82 Å². The molecular weight excluding hydrogens is 328 g/mol. The summed E-state index contributed by atoms with van der Waals surface area (Å²) < 4.78 is 10.5. The predicted molar refractivity (Wildman–Crippen MR) is 101 cm³/mol. The van der Waals surface area contributed by atoms with E-state index < -0.39 is 0 Å². The Kier molecular flexibility index (Phi) is 5.43. The van der Waals surface area contributed by atoms with Crippen LogP contribution < -0.4 is 9.47 Å². The molecule has 26 heavy (non-hydrogen) atoms. The first-order valence-electron chi connectivity index (χ1n) is 8.28. The van der Waals surface area contributed by atoms with Crippen molar-refractivity contribution in [2.24, 2.45) is 0 Å². The van der Waals surface area contributed by atoms with Gasteiger partial charge in [-0.3, -0.25) is 0 Å². The highest BCUT2D eigenvalue weighted by atomic mass is 16.5. The minimum atomic E-state index is 0.624. The summed E-state index contributed by atoms with van der Waals surface area (Å²) in [5, 5.41) is 8.76. The smallest absolute Gasteiger partial charge is 0.165 e. The average Bonchev–Trinajstić information content (AvgIpc) is 2.68. The summed E-state index contributed by atoms with van der Waals surface area (Å²) in [5.41, 5.74) is 3.43. The van der Waals surface area contributed by atoms with Gasteiger partial charge in [-0.2, -0.15) is 0 Å². The second-order valence-corrected chi connectivity index (χ2v) is 6.12. The highest BCUT2D eigenvalue weighted by molar-refractivity contribution is 5.77. The Balaban J connectivity index is 2.09. The van der Waals surface area contributed by atoms with Crippen molar-refractivity contribution in [3.8, 4) is 34.0 Å². The highest BCUT2D eigenvalue weighted by Crippen LogP contribution is 2.30. The van der Waals surface area contributed by atoms with Crippen molar-refractivity contribution in [1.29, 1.82) is 0 Å². The average molecular weight is 350 g/mol. The zero-order valence-electron chi connectivity index (χ0n) is 15.4. The van der Waals surface area contributed by atoms with E-state index in [2.05, 4.69) is 10.2 Å². The highest BCUT2D eigenvalue weighted by Gasteiger charge is 2.14. The third-order valence-electron chi connectivity index (χ3n) is 3.92. The molecule has 6 nitrogen and oxygen atoms in total. The van der Waals surface area contributed by atoms with Crippen molar-refractivity contribution in [3.05, 3.63) is 54.4 Å². The first kappa shape index (κ1) is 17.8. The Morgan fingerprint density at radius 2 is 1.23 bits per heavy atom. The molecule has 0 aliphatic heterocycles. The van der Waals surface area contributed by atoms with Gasteiger partial charge >= 0.3 is 0 Å². The topological polar surface area (TPSA) is 60.4 Å². The molecule has 0 bridgehead atoms. The fourth-order valence-electron chi connectivity index (χ4n) is 2.60. The number of hydrogen-bond acceptors (Lipinski definition) is 6. The largest absolute Gasteiger partial charge is 0.497 e. The van der Waals surface area contributed by atoms with Crippen LogP contribution in [0.3, 0.4) is 0 Å². The van der Waals surface area contributed by atoms with Gasteiger partial charge in [0.1, 0.15) is 22.9 Å². The quantitative estimate of drug-likeness (QED) is 0.680. The fourth-order valence-corrected chi connectivity index (χ4v) is 2.60. The van der Waals surface area contributed by atoms with E-state index in [1.807, 2.05) is 67.5 Å². The van der Waals surface area contributed by atoms with E-state index in [1.54, 1.807) is 14.2 Å². The fraction of sp³-hybridized carbons (Fsp3) is 0.250.